The molecule has 1 heterocycles. The Balaban J connectivity index is 3.14. The number of Topliss-reactive ketones (excluding diaryl/α,β-unsaturated/α-hetero) is 1. The molecule has 1 rings (SSSR count). The van der Waals surface area contributed by atoms with Crippen LogP contribution in [-0.2, 0) is 11.2 Å². The Morgan fingerprint density at radius 3 is 1.91 bits per heavy atom. The molecule has 0 saturated carbocycles. The van der Waals surface area contributed by atoms with Crippen LogP contribution in [0.5, 0.6) is 0 Å². The van der Waals surface area contributed by atoms with Gasteiger partial charge in [0.2, 0.25) is 0 Å². The van der Waals surface area contributed by atoms with Gasteiger partial charge in [-0.15, -0.1) is 0 Å². The number of hydrogen-bond acceptors (Lipinski definition) is 2. The molecule has 1 aromatic rings. The van der Waals surface area contributed by atoms with E-state index < -0.39 is 18.4 Å². The number of hydrogen-bond donors (Lipinski definition) is 0. The van der Waals surface area contributed by atoms with Crippen LogP contribution in [0, 0.1) is 0 Å². The number of rotatable bonds is 12. The molecule has 0 spiro atoms. The van der Waals surface area contributed by atoms with Crippen LogP contribution in [0.3, 0.4) is 0 Å². The molecule has 0 N–H and O–H groups in total. The normalized spacial score (nSPS) is 11.7. The molecule has 0 saturated heterocycles. The molecule has 0 radical (unpaired) electrons. The molecule has 130 valence electrons. The van der Waals surface area contributed by atoms with Crippen molar-refractivity contribution in [3.63, 3.8) is 0 Å². The van der Waals surface area contributed by atoms with E-state index >= 15 is 0 Å². The number of aromatic nitrogens is 1. The molecular formula is C20H35NOSn. The second-order valence-corrected chi connectivity index (χ2v) is 20.3. The molecule has 0 aromatic carbocycles. The Kier molecular flexibility index (Phi) is 10.1. The van der Waals surface area contributed by atoms with Crippen LogP contribution < -0.4 is 3.58 Å². The second kappa shape index (κ2) is 11.2. The van der Waals surface area contributed by atoms with Gasteiger partial charge in [-0.2, -0.15) is 0 Å². The number of nitrogens with zero attached hydrogens (tertiary/aromatic N) is 1. The van der Waals surface area contributed by atoms with E-state index in [9.17, 15) is 4.79 Å². The van der Waals surface area contributed by atoms with E-state index in [0.29, 0.717) is 6.42 Å². The van der Waals surface area contributed by atoms with Crippen molar-refractivity contribution >= 4 is 27.7 Å². The minimum absolute atomic E-state index is 0.237. The first-order valence-corrected chi connectivity index (χ1v) is 17.0. The third-order valence-electron chi connectivity index (χ3n) is 4.89. The predicted molar refractivity (Wildman–Crippen MR) is 103 cm³/mol. The summed E-state index contributed by atoms with van der Waals surface area (Å²) in [6.45, 7) is 8.59. The second-order valence-electron chi connectivity index (χ2n) is 7.05. The summed E-state index contributed by atoms with van der Waals surface area (Å²) >= 11 is -2.38. The van der Waals surface area contributed by atoms with Gasteiger partial charge >= 0.3 is 147 Å². The molecule has 0 aliphatic rings. The molecule has 0 bridgehead atoms. The zero-order valence-corrected chi connectivity index (χ0v) is 18.5. The number of carbonyl (C=O) groups excluding carboxylic acids is 1. The SMILES string of the molecule is CCC[CH2][Sn]([CH2]CCC)([CH2]CCC)[c]1cncc(CC(C)=O)c1. The fraction of sp³-hybridized carbons (Fsp3) is 0.700. The van der Waals surface area contributed by atoms with Crippen LogP contribution >= 0.6 is 0 Å². The van der Waals surface area contributed by atoms with Crippen molar-refractivity contribution in [1.82, 2.24) is 4.98 Å². The van der Waals surface area contributed by atoms with E-state index in [1.54, 1.807) is 10.5 Å². The van der Waals surface area contributed by atoms with Crippen molar-refractivity contribution in [2.24, 2.45) is 0 Å². The first-order valence-electron chi connectivity index (χ1n) is 9.51. The van der Waals surface area contributed by atoms with Gasteiger partial charge in [-0.1, -0.05) is 0 Å². The Morgan fingerprint density at radius 1 is 0.957 bits per heavy atom. The average molecular weight is 424 g/mol. The Hall–Kier alpha value is -0.381. The number of ketones is 1. The van der Waals surface area contributed by atoms with Gasteiger partial charge in [0.25, 0.3) is 0 Å². The maximum absolute atomic E-state index is 11.5. The molecule has 0 aliphatic carbocycles. The molecule has 23 heavy (non-hydrogen) atoms. The van der Waals surface area contributed by atoms with E-state index in [1.807, 2.05) is 6.20 Å². The zero-order chi connectivity index (χ0) is 17.1. The first-order chi connectivity index (χ1) is 11.1. The summed E-state index contributed by atoms with van der Waals surface area (Å²) in [4.78, 5) is 16.0. The van der Waals surface area contributed by atoms with Gasteiger partial charge in [-0.3, -0.25) is 0 Å². The summed E-state index contributed by atoms with van der Waals surface area (Å²) in [5, 5.41) is 0. The molecule has 2 nitrogen and oxygen atoms in total. The van der Waals surface area contributed by atoms with Gasteiger partial charge in [-0.25, -0.2) is 0 Å². The van der Waals surface area contributed by atoms with Gasteiger partial charge in [0, 0.05) is 0 Å². The third kappa shape index (κ3) is 6.94. The topological polar surface area (TPSA) is 30.0 Å². The predicted octanol–water partition coefficient (Wildman–Crippen LogP) is 5.27. The quantitative estimate of drug-likeness (QED) is 0.428. The molecule has 0 unspecified atom stereocenters. The third-order valence-corrected chi connectivity index (χ3v) is 20.4. The van der Waals surface area contributed by atoms with Crippen molar-refractivity contribution in [2.45, 2.75) is 86.0 Å². The van der Waals surface area contributed by atoms with Gasteiger partial charge < -0.3 is 0 Å². The standard InChI is InChI=1S/C8H8NO.3C4H9.Sn/c1-7(10)5-8-3-2-4-9-6-8;3*1-3-4-2;/h3-4,6H,5H2,1H3;3*1,3-4H2,2H3;. The minimum atomic E-state index is -2.38. The summed E-state index contributed by atoms with van der Waals surface area (Å²) in [5.41, 5.74) is 1.13. The van der Waals surface area contributed by atoms with E-state index in [4.69, 9.17) is 0 Å². The van der Waals surface area contributed by atoms with Crippen molar-refractivity contribution < 1.29 is 4.79 Å². The maximum atomic E-state index is 11.5. The summed E-state index contributed by atoms with van der Waals surface area (Å²) in [6.07, 6.45) is 12.5. The fourth-order valence-corrected chi connectivity index (χ4v) is 19.3. The molecule has 0 atom stereocenters. The van der Waals surface area contributed by atoms with Crippen LogP contribution in [0.2, 0.25) is 13.3 Å². The van der Waals surface area contributed by atoms with Crippen molar-refractivity contribution in [3.05, 3.63) is 24.0 Å². The van der Waals surface area contributed by atoms with Gasteiger partial charge in [0.15, 0.2) is 0 Å². The van der Waals surface area contributed by atoms with Gasteiger partial charge in [-0.05, 0) is 0 Å². The molecule has 3 heteroatoms. The average Bonchev–Trinajstić information content (AvgIpc) is 2.54. The zero-order valence-electron chi connectivity index (χ0n) is 15.7. The Morgan fingerprint density at radius 2 is 1.48 bits per heavy atom. The summed E-state index contributed by atoms with van der Waals surface area (Å²) in [7, 11) is 0. The summed E-state index contributed by atoms with van der Waals surface area (Å²) in [6, 6.07) is 2.35. The number of unbranched alkanes of at least 4 members (excludes halogenated alkanes) is 3. The fourth-order valence-electron chi connectivity index (χ4n) is 3.52. The molecule has 0 fully saturated rings. The molecule has 0 aliphatic heterocycles. The van der Waals surface area contributed by atoms with Gasteiger partial charge in [0.1, 0.15) is 0 Å². The van der Waals surface area contributed by atoms with Crippen molar-refractivity contribution in [1.29, 1.82) is 0 Å². The summed E-state index contributed by atoms with van der Waals surface area (Å²) in [5.74, 6) is 0.237. The first kappa shape index (κ1) is 20.7. The van der Waals surface area contributed by atoms with Crippen LogP contribution in [-0.4, -0.2) is 29.1 Å². The Labute approximate surface area is 147 Å². The van der Waals surface area contributed by atoms with Crippen LogP contribution in [0.15, 0.2) is 18.5 Å². The molecular weight excluding hydrogens is 389 g/mol. The van der Waals surface area contributed by atoms with E-state index in [-0.39, 0.29) is 5.78 Å². The van der Waals surface area contributed by atoms with Crippen LogP contribution in [0.4, 0.5) is 0 Å². The van der Waals surface area contributed by atoms with E-state index in [1.165, 1.54) is 51.8 Å². The van der Waals surface area contributed by atoms with Crippen molar-refractivity contribution in [2.75, 3.05) is 0 Å². The molecule has 1 aromatic heterocycles. The monoisotopic (exact) mass is 425 g/mol. The van der Waals surface area contributed by atoms with Gasteiger partial charge in [0.05, 0.1) is 0 Å². The van der Waals surface area contributed by atoms with Crippen LogP contribution in [0.1, 0.15) is 71.8 Å². The summed E-state index contributed by atoms with van der Waals surface area (Å²) < 4.78 is 5.94. The molecule has 0 amide bonds. The Bertz CT molecular complexity index is 451. The van der Waals surface area contributed by atoms with Crippen molar-refractivity contribution in [3.8, 4) is 0 Å². The van der Waals surface area contributed by atoms with E-state index in [0.717, 1.165) is 5.56 Å². The van der Waals surface area contributed by atoms with Crippen LogP contribution in [0.25, 0.3) is 0 Å². The number of carbonyl (C=O) groups is 1. The van der Waals surface area contributed by atoms with E-state index in [2.05, 4.69) is 38.0 Å². The number of pyridine rings is 1.